The van der Waals surface area contributed by atoms with Crippen LogP contribution in [0.4, 0.5) is 8.78 Å². The van der Waals surface area contributed by atoms with Crippen LogP contribution < -0.4 is 11.5 Å². The summed E-state index contributed by atoms with van der Waals surface area (Å²) in [5.74, 6) is -1.69. The van der Waals surface area contributed by atoms with Gasteiger partial charge in [-0.3, -0.25) is 0 Å². The van der Waals surface area contributed by atoms with Crippen molar-refractivity contribution in [1.29, 1.82) is 0 Å². The third-order valence-electron chi connectivity index (χ3n) is 1.58. The first kappa shape index (κ1) is 15.0. The molecule has 0 rings (SSSR count). The summed E-state index contributed by atoms with van der Waals surface area (Å²) in [6.45, 7) is 0.152. The lowest BCUT2D eigenvalue weighted by Crippen LogP contribution is -2.54. The Labute approximate surface area is 80.7 Å². The fourth-order valence-corrected chi connectivity index (χ4v) is 0.704. The first-order valence-electron chi connectivity index (χ1n) is 3.45. The monoisotopic (exact) mass is 218 g/mol. The van der Waals surface area contributed by atoms with Crippen LogP contribution in [-0.4, -0.2) is 29.6 Å². The zero-order chi connectivity index (χ0) is 9.78. The number of aliphatic carboxylic acids is 1. The van der Waals surface area contributed by atoms with E-state index in [1.54, 1.807) is 0 Å². The highest BCUT2D eigenvalue weighted by molar-refractivity contribution is 5.85. The predicted molar refractivity (Wildman–Crippen MR) is 46.1 cm³/mol. The Morgan fingerprint density at radius 2 is 2.00 bits per heavy atom. The summed E-state index contributed by atoms with van der Waals surface area (Å²) in [5, 5.41) is 8.38. The lowest BCUT2D eigenvalue weighted by atomic mass is 9.95. The van der Waals surface area contributed by atoms with Crippen molar-refractivity contribution < 1.29 is 18.7 Å². The molecule has 5 N–H and O–H groups in total. The van der Waals surface area contributed by atoms with Gasteiger partial charge in [0.1, 0.15) is 0 Å². The van der Waals surface area contributed by atoms with Crippen molar-refractivity contribution in [2.45, 2.75) is 24.8 Å². The highest BCUT2D eigenvalue weighted by Crippen LogP contribution is 2.18. The van der Waals surface area contributed by atoms with Gasteiger partial charge in [-0.05, 0) is 19.4 Å². The lowest BCUT2D eigenvalue weighted by molar-refractivity contribution is -0.150. The Hall–Kier alpha value is -0.460. The molecule has 80 valence electrons. The van der Waals surface area contributed by atoms with Crippen molar-refractivity contribution in [2.75, 3.05) is 6.54 Å². The molecule has 0 saturated heterocycles. The van der Waals surface area contributed by atoms with Gasteiger partial charge in [0.2, 0.25) is 0 Å². The van der Waals surface area contributed by atoms with E-state index in [9.17, 15) is 13.6 Å². The average molecular weight is 219 g/mol. The van der Waals surface area contributed by atoms with Crippen molar-refractivity contribution >= 4 is 18.4 Å². The van der Waals surface area contributed by atoms with E-state index in [1.807, 2.05) is 0 Å². The molecule has 0 heterocycles. The van der Waals surface area contributed by atoms with Gasteiger partial charge < -0.3 is 16.6 Å². The van der Waals surface area contributed by atoms with Gasteiger partial charge in [0, 0.05) is 0 Å². The number of halogens is 3. The molecule has 0 aromatic rings. The fourth-order valence-electron chi connectivity index (χ4n) is 0.704. The summed E-state index contributed by atoms with van der Waals surface area (Å²) in [7, 11) is 0. The van der Waals surface area contributed by atoms with Crippen LogP contribution in [0.3, 0.4) is 0 Å². The van der Waals surface area contributed by atoms with Crippen LogP contribution in [0.25, 0.3) is 0 Å². The molecule has 0 aromatic carbocycles. The number of nitrogens with two attached hydrogens (primary N) is 2. The van der Waals surface area contributed by atoms with E-state index in [0.29, 0.717) is 0 Å². The van der Waals surface area contributed by atoms with Crippen molar-refractivity contribution in [2.24, 2.45) is 11.5 Å². The molecule has 0 bridgehead atoms. The Balaban J connectivity index is 0. The third kappa shape index (κ3) is 3.84. The maximum absolute atomic E-state index is 12.1. The molecule has 4 nitrogen and oxygen atoms in total. The summed E-state index contributed by atoms with van der Waals surface area (Å²) in [6, 6.07) is 0. The number of carboxylic acids is 1. The Morgan fingerprint density at radius 1 is 1.54 bits per heavy atom. The molecule has 0 fully saturated rings. The van der Waals surface area contributed by atoms with Gasteiger partial charge in [-0.2, -0.15) is 0 Å². The number of alkyl halides is 2. The quantitative estimate of drug-likeness (QED) is 0.615. The maximum Gasteiger partial charge on any atom is 0.329 e. The smallest absolute Gasteiger partial charge is 0.329 e. The van der Waals surface area contributed by atoms with Gasteiger partial charge in [-0.1, -0.05) is 0 Å². The maximum atomic E-state index is 12.1. The summed E-state index contributed by atoms with van der Waals surface area (Å²) >= 11 is 0. The second-order valence-corrected chi connectivity index (χ2v) is 2.54. The van der Waals surface area contributed by atoms with Crippen LogP contribution in [0, 0.1) is 0 Å². The lowest BCUT2D eigenvalue weighted by Gasteiger charge is -2.22. The molecule has 7 heteroatoms. The highest BCUT2D eigenvalue weighted by atomic mass is 35.5. The molecule has 0 spiro atoms. The molecule has 13 heavy (non-hydrogen) atoms. The Kier molecular flexibility index (Phi) is 7.01. The van der Waals surface area contributed by atoms with Gasteiger partial charge >= 0.3 is 5.97 Å². The van der Waals surface area contributed by atoms with E-state index in [0.717, 1.165) is 0 Å². The molecule has 0 aliphatic carbocycles. The normalized spacial score (nSPS) is 14.8. The molecule has 0 radical (unpaired) electrons. The average Bonchev–Trinajstić information content (AvgIpc) is 1.99. The Morgan fingerprint density at radius 3 is 2.23 bits per heavy atom. The largest absolute Gasteiger partial charge is 0.480 e. The minimum Gasteiger partial charge on any atom is -0.480 e. The molecule has 0 unspecified atom stereocenters. The molecule has 0 saturated carbocycles. The molecule has 0 aromatic heterocycles. The number of carboxylic acid groups (broad SMARTS) is 1. The number of hydrogen-bond acceptors (Lipinski definition) is 3. The first-order chi connectivity index (χ1) is 5.45. The van der Waals surface area contributed by atoms with E-state index in [-0.39, 0.29) is 31.8 Å². The second kappa shape index (κ2) is 6.06. The Bertz CT molecular complexity index is 171. The molecule has 1 atom stereocenters. The summed E-state index contributed by atoms with van der Waals surface area (Å²) in [6.07, 6.45) is -3.20. The number of carbonyl (C=O) groups is 1. The first-order valence-corrected chi connectivity index (χ1v) is 3.45. The van der Waals surface area contributed by atoms with Crippen LogP contribution in [0.15, 0.2) is 0 Å². The van der Waals surface area contributed by atoms with Crippen molar-refractivity contribution in [3.8, 4) is 0 Å². The van der Waals surface area contributed by atoms with Gasteiger partial charge in [0.05, 0.1) is 0 Å². The molecule has 0 aliphatic rings. The van der Waals surface area contributed by atoms with Crippen LogP contribution >= 0.6 is 12.4 Å². The van der Waals surface area contributed by atoms with Gasteiger partial charge in [0.25, 0.3) is 6.43 Å². The van der Waals surface area contributed by atoms with E-state index in [1.165, 1.54) is 0 Å². The zero-order valence-corrected chi connectivity index (χ0v) is 7.69. The van der Waals surface area contributed by atoms with Crippen LogP contribution in [0.2, 0.25) is 0 Å². The molecular weight excluding hydrogens is 206 g/mol. The molecule has 0 amide bonds. The van der Waals surface area contributed by atoms with E-state index >= 15 is 0 Å². The van der Waals surface area contributed by atoms with Gasteiger partial charge in [-0.25, -0.2) is 13.6 Å². The SMILES string of the molecule is Cl.NCCC[C@@](N)(C(=O)O)C(F)F. The van der Waals surface area contributed by atoms with Crippen LogP contribution in [0.1, 0.15) is 12.8 Å². The van der Waals surface area contributed by atoms with Crippen LogP contribution in [0.5, 0.6) is 0 Å². The zero-order valence-electron chi connectivity index (χ0n) is 6.87. The van der Waals surface area contributed by atoms with Crippen molar-refractivity contribution in [1.82, 2.24) is 0 Å². The van der Waals surface area contributed by atoms with E-state index in [4.69, 9.17) is 16.6 Å². The standard InChI is InChI=1S/C6H12F2N2O2.ClH/c7-4(8)6(10,5(11)12)2-1-3-9;/h4H,1-3,9-10H2,(H,11,12);1H/t6-;/m0./s1. The number of hydrogen-bond donors (Lipinski definition) is 3. The van der Waals surface area contributed by atoms with E-state index < -0.39 is 17.9 Å². The van der Waals surface area contributed by atoms with E-state index in [2.05, 4.69) is 0 Å². The minimum absolute atomic E-state index is 0. The predicted octanol–water partition coefficient (Wildman–Crippen LogP) is 0.194. The van der Waals surface area contributed by atoms with Gasteiger partial charge in [-0.15, -0.1) is 12.4 Å². The topological polar surface area (TPSA) is 89.3 Å². The van der Waals surface area contributed by atoms with Crippen molar-refractivity contribution in [3.05, 3.63) is 0 Å². The summed E-state index contributed by atoms with van der Waals surface area (Å²) in [4.78, 5) is 10.3. The van der Waals surface area contributed by atoms with Crippen LogP contribution in [-0.2, 0) is 4.79 Å². The molecule has 0 aliphatic heterocycles. The summed E-state index contributed by atoms with van der Waals surface area (Å²) in [5.41, 5.74) is 7.56. The fraction of sp³-hybridized carbons (Fsp3) is 0.833. The third-order valence-corrected chi connectivity index (χ3v) is 1.58. The summed E-state index contributed by atoms with van der Waals surface area (Å²) < 4.78 is 24.2. The highest BCUT2D eigenvalue weighted by Gasteiger charge is 2.42. The van der Waals surface area contributed by atoms with Gasteiger partial charge in [0.15, 0.2) is 5.54 Å². The molecular formula is C6H13ClF2N2O2. The minimum atomic E-state index is -3.07. The van der Waals surface area contributed by atoms with Crippen molar-refractivity contribution in [3.63, 3.8) is 0 Å². The second-order valence-electron chi connectivity index (χ2n) is 2.54. The number of rotatable bonds is 5.